The molecular weight excluding hydrogens is 227 g/mol. The first-order chi connectivity index (χ1) is 6.59. The standard InChI is InChI=1S/C8H10ClO4P/c1-6(9)12-14(11)13-8-5-3-2-4-7(8)10/h2-6,10-11H,1H3/t6-,14?/m0/s1. The molecule has 2 N–H and O–H groups in total. The Morgan fingerprint density at radius 2 is 2.07 bits per heavy atom. The Morgan fingerprint density at radius 3 is 2.64 bits per heavy atom. The predicted molar refractivity (Wildman–Crippen MR) is 54.3 cm³/mol. The quantitative estimate of drug-likeness (QED) is 0.623. The molecule has 1 unspecified atom stereocenters. The SMILES string of the molecule is C[C@@H](Cl)OP(O)Oc1ccccc1O. The van der Waals surface area contributed by atoms with Gasteiger partial charge in [0.25, 0.3) is 0 Å². The number of phenols is 1. The zero-order valence-corrected chi connectivity index (χ0v) is 9.07. The van der Waals surface area contributed by atoms with Crippen LogP contribution in [0.1, 0.15) is 6.92 Å². The highest BCUT2D eigenvalue weighted by atomic mass is 35.5. The van der Waals surface area contributed by atoms with Crippen molar-refractivity contribution in [1.82, 2.24) is 0 Å². The lowest BCUT2D eigenvalue weighted by Gasteiger charge is -2.13. The van der Waals surface area contributed by atoms with Gasteiger partial charge in [-0.1, -0.05) is 23.7 Å². The van der Waals surface area contributed by atoms with Gasteiger partial charge in [-0.05, 0) is 19.1 Å². The maximum Gasteiger partial charge on any atom is 0.396 e. The van der Waals surface area contributed by atoms with Gasteiger partial charge >= 0.3 is 8.60 Å². The van der Waals surface area contributed by atoms with Crippen molar-refractivity contribution < 1.29 is 19.0 Å². The molecule has 0 amide bonds. The Balaban J connectivity index is 2.56. The summed E-state index contributed by atoms with van der Waals surface area (Å²) in [4.78, 5) is 9.22. The lowest BCUT2D eigenvalue weighted by atomic mass is 10.3. The van der Waals surface area contributed by atoms with Gasteiger partial charge in [0.1, 0.15) is 5.56 Å². The molecule has 0 aliphatic heterocycles. The van der Waals surface area contributed by atoms with Gasteiger partial charge in [-0.15, -0.1) is 0 Å². The molecule has 0 fully saturated rings. The first-order valence-electron chi connectivity index (χ1n) is 3.85. The summed E-state index contributed by atoms with van der Waals surface area (Å²) >= 11 is 5.47. The third kappa shape index (κ3) is 3.68. The molecule has 0 spiro atoms. The molecule has 0 saturated carbocycles. The van der Waals surface area contributed by atoms with Crippen molar-refractivity contribution in [3.8, 4) is 11.5 Å². The van der Waals surface area contributed by atoms with Gasteiger partial charge in [0, 0.05) is 0 Å². The highest BCUT2D eigenvalue weighted by Crippen LogP contribution is 2.40. The van der Waals surface area contributed by atoms with Gasteiger partial charge in [0.15, 0.2) is 11.5 Å². The summed E-state index contributed by atoms with van der Waals surface area (Å²) in [6.45, 7) is 1.56. The van der Waals surface area contributed by atoms with E-state index in [2.05, 4.69) is 0 Å². The minimum atomic E-state index is -2.10. The second kappa shape index (κ2) is 5.37. The number of hydrogen-bond acceptors (Lipinski definition) is 4. The van der Waals surface area contributed by atoms with Crippen molar-refractivity contribution in [2.45, 2.75) is 12.5 Å². The zero-order chi connectivity index (χ0) is 10.6. The van der Waals surface area contributed by atoms with Crippen LogP contribution in [0.2, 0.25) is 0 Å². The Kier molecular flexibility index (Phi) is 4.42. The molecule has 0 bridgehead atoms. The molecule has 0 radical (unpaired) electrons. The molecule has 0 aliphatic carbocycles. The summed E-state index contributed by atoms with van der Waals surface area (Å²) in [5.41, 5.74) is -0.642. The fourth-order valence-corrected chi connectivity index (χ4v) is 1.58. The Labute approximate surface area is 88.0 Å². The average molecular weight is 237 g/mol. The first-order valence-corrected chi connectivity index (χ1v) is 5.42. The van der Waals surface area contributed by atoms with Crippen LogP contribution in [-0.4, -0.2) is 15.6 Å². The topological polar surface area (TPSA) is 58.9 Å². The summed E-state index contributed by atoms with van der Waals surface area (Å²) in [6, 6.07) is 6.28. The predicted octanol–water partition coefficient (Wildman–Crippen LogP) is 2.59. The van der Waals surface area contributed by atoms with Gasteiger partial charge in [0.2, 0.25) is 0 Å². The molecule has 14 heavy (non-hydrogen) atoms. The van der Waals surface area contributed by atoms with Crippen LogP contribution in [0.5, 0.6) is 11.5 Å². The van der Waals surface area contributed by atoms with E-state index in [0.29, 0.717) is 0 Å². The van der Waals surface area contributed by atoms with Gasteiger partial charge in [0.05, 0.1) is 0 Å². The Morgan fingerprint density at radius 1 is 1.43 bits per heavy atom. The van der Waals surface area contributed by atoms with Gasteiger partial charge in [-0.3, -0.25) is 4.52 Å². The largest absolute Gasteiger partial charge is 0.504 e. The third-order valence-electron chi connectivity index (χ3n) is 1.28. The number of benzene rings is 1. The second-order valence-corrected chi connectivity index (χ2v) is 3.93. The number of aromatic hydroxyl groups is 1. The maximum absolute atomic E-state index is 9.28. The molecule has 78 valence electrons. The normalized spacial score (nSPS) is 14.8. The van der Waals surface area contributed by atoms with E-state index in [-0.39, 0.29) is 11.5 Å². The monoisotopic (exact) mass is 236 g/mol. The first kappa shape index (κ1) is 11.5. The molecule has 0 aromatic heterocycles. The highest BCUT2D eigenvalue weighted by molar-refractivity contribution is 7.41. The van der Waals surface area contributed by atoms with Crippen molar-refractivity contribution in [1.29, 1.82) is 0 Å². The molecule has 0 saturated heterocycles. The summed E-state index contributed by atoms with van der Waals surface area (Å²) in [6.07, 6.45) is 0. The van der Waals surface area contributed by atoms with Crippen molar-refractivity contribution in [3.63, 3.8) is 0 Å². The van der Waals surface area contributed by atoms with Crippen molar-refractivity contribution in [3.05, 3.63) is 24.3 Å². The Bertz CT molecular complexity index is 294. The lowest BCUT2D eigenvalue weighted by Crippen LogP contribution is -1.98. The number of para-hydroxylation sites is 2. The van der Waals surface area contributed by atoms with E-state index >= 15 is 0 Å². The number of rotatable bonds is 4. The van der Waals surface area contributed by atoms with Crippen molar-refractivity contribution in [2.24, 2.45) is 0 Å². The minimum Gasteiger partial charge on any atom is -0.504 e. The van der Waals surface area contributed by atoms with E-state index in [9.17, 15) is 10.00 Å². The molecule has 6 heteroatoms. The van der Waals surface area contributed by atoms with Crippen LogP contribution in [0.25, 0.3) is 0 Å². The molecular formula is C8H10ClO4P. The third-order valence-corrected chi connectivity index (χ3v) is 2.34. The lowest BCUT2D eigenvalue weighted by molar-refractivity contribution is 0.246. The van der Waals surface area contributed by atoms with Crippen LogP contribution in [0, 0.1) is 0 Å². The van der Waals surface area contributed by atoms with E-state index in [1.165, 1.54) is 12.1 Å². The number of hydrogen-bond donors (Lipinski definition) is 2. The minimum absolute atomic E-state index is 0.0557. The molecule has 0 heterocycles. The summed E-state index contributed by atoms with van der Waals surface area (Å²) < 4.78 is 9.68. The number of phenolic OH excluding ortho intramolecular Hbond substituents is 1. The molecule has 1 aromatic carbocycles. The van der Waals surface area contributed by atoms with Crippen LogP contribution in [0.15, 0.2) is 24.3 Å². The van der Waals surface area contributed by atoms with Gasteiger partial charge < -0.3 is 14.5 Å². The smallest absolute Gasteiger partial charge is 0.396 e. The van der Waals surface area contributed by atoms with Crippen LogP contribution in [0.3, 0.4) is 0 Å². The molecule has 4 nitrogen and oxygen atoms in total. The van der Waals surface area contributed by atoms with Gasteiger partial charge in [-0.2, -0.15) is 0 Å². The molecule has 1 rings (SSSR count). The van der Waals surface area contributed by atoms with Crippen LogP contribution in [-0.2, 0) is 4.52 Å². The summed E-state index contributed by atoms with van der Waals surface area (Å²) in [5, 5.41) is 9.28. The zero-order valence-electron chi connectivity index (χ0n) is 7.42. The molecule has 0 aliphatic rings. The maximum atomic E-state index is 9.28. The molecule has 2 atom stereocenters. The highest BCUT2D eigenvalue weighted by Gasteiger charge is 2.13. The fraction of sp³-hybridized carbons (Fsp3) is 0.250. The number of halogens is 1. The van der Waals surface area contributed by atoms with Crippen molar-refractivity contribution in [2.75, 3.05) is 0 Å². The average Bonchev–Trinajstić information content (AvgIpc) is 2.07. The van der Waals surface area contributed by atoms with E-state index < -0.39 is 14.2 Å². The Hall–Kier alpha value is -0.540. The van der Waals surface area contributed by atoms with Crippen LogP contribution in [0.4, 0.5) is 0 Å². The van der Waals surface area contributed by atoms with E-state index in [4.69, 9.17) is 20.6 Å². The number of alkyl halides is 1. The van der Waals surface area contributed by atoms with Crippen LogP contribution >= 0.6 is 20.2 Å². The van der Waals surface area contributed by atoms with Crippen molar-refractivity contribution >= 4 is 20.2 Å². The second-order valence-electron chi connectivity index (χ2n) is 2.45. The summed E-state index contributed by atoms with van der Waals surface area (Å²) in [5.74, 6) is 0.110. The van der Waals surface area contributed by atoms with E-state index in [1.54, 1.807) is 19.1 Å². The van der Waals surface area contributed by atoms with Gasteiger partial charge in [-0.25, -0.2) is 0 Å². The van der Waals surface area contributed by atoms with E-state index in [1.807, 2.05) is 0 Å². The van der Waals surface area contributed by atoms with Crippen LogP contribution < -0.4 is 4.52 Å². The van der Waals surface area contributed by atoms with E-state index in [0.717, 1.165) is 0 Å². The fourth-order valence-electron chi connectivity index (χ4n) is 0.764. The summed E-state index contributed by atoms with van der Waals surface area (Å²) in [7, 11) is -2.10. The molecule has 1 aromatic rings.